The van der Waals surface area contributed by atoms with Crippen molar-refractivity contribution >= 4 is 11.9 Å². The third kappa shape index (κ3) is 3.06. The smallest absolute Gasteiger partial charge is 0.325 e. The average Bonchev–Trinajstić information content (AvgIpc) is 3.15. The van der Waals surface area contributed by atoms with Crippen molar-refractivity contribution in [1.82, 2.24) is 10.2 Å². The van der Waals surface area contributed by atoms with Gasteiger partial charge in [-0.05, 0) is 43.0 Å². The Bertz CT molecular complexity index is 880. The van der Waals surface area contributed by atoms with E-state index in [0.717, 1.165) is 28.0 Å². The summed E-state index contributed by atoms with van der Waals surface area (Å²) in [6.45, 7) is 1.89. The second kappa shape index (κ2) is 6.70. The van der Waals surface area contributed by atoms with Crippen LogP contribution in [0.25, 0.3) is 0 Å². The highest BCUT2D eigenvalue weighted by Crippen LogP contribution is 2.41. The van der Waals surface area contributed by atoms with E-state index in [1.807, 2.05) is 55.5 Å². The zero-order valence-corrected chi connectivity index (χ0v) is 15.1. The number of aliphatic hydroxyl groups excluding tert-OH is 1. The van der Waals surface area contributed by atoms with E-state index in [1.165, 1.54) is 0 Å². The lowest BCUT2D eigenvalue weighted by Crippen LogP contribution is -2.43. The quantitative estimate of drug-likeness (QED) is 0.795. The Hall–Kier alpha value is -2.86. The van der Waals surface area contributed by atoms with Crippen LogP contribution in [0.15, 0.2) is 48.5 Å². The molecule has 2 N–H and O–H groups in total. The first-order valence-electron chi connectivity index (χ1n) is 9.10. The summed E-state index contributed by atoms with van der Waals surface area (Å²) in [5, 5.41) is 13.1. The van der Waals surface area contributed by atoms with Crippen LogP contribution in [0.3, 0.4) is 0 Å². The van der Waals surface area contributed by atoms with Crippen LogP contribution in [0.1, 0.15) is 23.1 Å². The summed E-state index contributed by atoms with van der Waals surface area (Å²) in [6.07, 6.45) is 0.325. The molecule has 2 atom stereocenters. The van der Waals surface area contributed by atoms with Gasteiger partial charge in [0.15, 0.2) is 0 Å². The van der Waals surface area contributed by atoms with Crippen molar-refractivity contribution in [2.75, 3.05) is 13.2 Å². The van der Waals surface area contributed by atoms with E-state index in [2.05, 4.69) is 5.32 Å². The van der Waals surface area contributed by atoms with E-state index < -0.39 is 17.7 Å². The number of carbonyl (C=O) groups is 2. The van der Waals surface area contributed by atoms with Gasteiger partial charge in [0.1, 0.15) is 24.0 Å². The number of benzene rings is 2. The van der Waals surface area contributed by atoms with E-state index >= 15 is 0 Å². The van der Waals surface area contributed by atoms with E-state index in [1.54, 1.807) is 0 Å². The number of aliphatic hydroxyl groups is 1. The molecule has 2 aliphatic rings. The number of nitrogens with zero attached hydrogens (tertiary/aromatic N) is 1. The molecule has 27 heavy (non-hydrogen) atoms. The molecule has 2 aromatic rings. The lowest BCUT2D eigenvalue weighted by atomic mass is 9.92. The predicted molar refractivity (Wildman–Crippen MR) is 99.4 cm³/mol. The van der Waals surface area contributed by atoms with Crippen molar-refractivity contribution in [2.24, 2.45) is 0 Å². The van der Waals surface area contributed by atoms with Gasteiger partial charge in [-0.3, -0.25) is 9.69 Å². The van der Waals surface area contributed by atoms with Crippen molar-refractivity contribution in [3.63, 3.8) is 0 Å². The minimum absolute atomic E-state index is 0.00368. The molecule has 1 saturated heterocycles. The van der Waals surface area contributed by atoms with Crippen LogP contribution in [0.5, 0.6) is 5.75 Å². The van der Waals surface area contributed by atoms with E-state index in [4.69, 9.17) is 4.74 Å². The maximum atomic E-state index is 13.0. The third-order valence-electron chi connectivity index (χ3n) is 5.28. The summed E-state index contributed by atoms with van der Waals surface area (Å²) >= 11 is 0. The number of rotatable bonds is 5. The topological polar surface area (TPSA) is 78.9 Å². The van der Waals surface area contributed by atoms with Crippen molar-refractivity contribution in [3.05, 3.63) is 65.2 Å². The monoisotopic (exact) mass is 366 g/mol. The lowest BCUT2D eigenvalue weighted by Gasteiger charge is -2.23. The number of nitrogens with one attached hydrogen (secondary N) is 1. The highest BCUT2D eigenvalue weighted by Gasteiger charge is 2.55. The zero-order valence-electron chi connectivity index (χ0n) is 15.1. The van der Waals surface area contributed by atoms with Crippen LogP contribution in [-0.2, 0) is 16.8 Å². The molecule has 1 aliphatic heterocycles. The first-order valence-corrected chi connectivity index (χ1v) is 9.10. The number of imide groups is 1. The second-order valence-corrected chi connectivity index (χ2v) is 7.19. The number of ether oxygens (including phenoxy) is 1. The molecule has 4 rings (SSSR count). The van der Waals surface area contributed by atoms with Crippen LogP contribution in [0.2, 0.25) is 0 Å². The molecule has 0 aromatic heterocycles. The van der Waals surface area contributed by atoms with Gasteiger partial charge in [-0.1, -0.05) is 42.0 Å². The maximum Gasteiger partial charge on any atom is 0.325 e. The predicted octanol–water partition coefficient (Wildman–Crippen LogP) is 2.13. The molecule has 2 aromatic carbocycles. The molecular formula is C21H22N2O4. The summed E-state index contributed by atoms with van der Waals surface area (Å²) < 4.78 is 5.56. The molecule has 0 radical (unpaired) electrons. The minimum atomic E-state index is -0.995. The Morgan fingerprint density at radius 3 is 2.70 bits per heavy atom. The number of urea groups is 1. The summed E-state index contributed by atoms with van der Waals surface area (Å²) in [6, 6.07) is 14.7. The van der Waals surface area contributed by atoms with E-state index in [9.17, 15) is 14.7 Å². The molecule has 0 bridgehead atoms. The van der Waals surface area contributed by atoms with Crippen molar-refractivity contribution < 1.29 is 19.4 Å². The Morgan fingerprint density at radius 2 is 1.93 bits per heavy atom. The Labute approximate surface area is 157 Å². The van der Waals surface area contributed by atoms with Crippen molar-refractivity contribution in [1.29, 1.82) is 0 Å². The molecule has 1 spiro atoms. The number of amides is 3. The molecule has 3 amide bonds. The van der Waals surface area contributed by atoms with Crippen LogP contribution in [-0.4, -0.2) is 41.2 Å². The van der Waals surface area contributed by atoms with Gasteiger partial charge in [-0.2, -0.15) is 0 Å². The van der Waals surface area contributed by atoms with Gasteiger partial charge in [0, 0.05) is 0 Å². The number of hydrogen-bond donors (Lipinski definition) is 2. The summed E-state index contributed by atoms with van der Waals surface area (Å²) in [4.78, 5) is 26.6. The van der Waals surface area contributed by atoms with Gasteiger partial charge < -0.3 is 15.2 Å². The highest BCUT2D eigenvalue weighted by molar-refractivity contribution is 6.08. The molecule has 0 saturated carbocycles. The molecule has 1 aliphatic carbocycles. The molecule has 6 heteroatoms. The van der Waals surface area contributed by atoms with E-state index in [0.29, 0.717) is 12.2 Å². The maximum absolute atomic E-state index is 13.0. The largest absolute Gasteiger partial charge is 0.491 e. The Balaban J connectivity index is 1.43. The molecule has 6 nitrogen and oxygen atoms in total. The number of carbonyl (C=O) groups excluding carboxylic acids is 2. The molecule has 0 unspecified atom stereocenters. The van der Waals surface area contributed by atoms with Gasteiger partial charge in [0.05, 0.1) is 6.54 Å². The fraction of sp³-hybridized carbons (Fsp3) is 0.333. The minimum Gasteiger partial charge on any atom is -0.491 e. The standard InChI is InChI=1S/C21H22N2O4/c1-14-6-8-17(9-7-14)27-13-16(24)12-23-19(25)21(22-20(23)26)11-10-15-4-2-3-5-18(15)21/h2-9,16,24H,10-13H2,1H3,(H,22,26)/t16-,21-/m1/s1. The first-order chi connectivity index (χ1) is 13.0. The van der Waals surface area contributed by atoms with Gasteiger partial charge >= 0.3 is 6.03 Å². The third-order valence-corrected chi connectivity index (χ3v) is 5.28. The summed E-state index contributed by atoms with van der Waals surface area (Å²) in [7, 11) is 0. The van der Waals surface area contributed by atoms with Gasteiger partial charge in [-0.15, -0.1) is 0 Å². The van der Waals surface area contributed by atoms with Crippen molar-refractivity contribution in [2.45, 2.75) is 31.4 Å². The number of β-amino-alcohol motifs (C(OH)–C–C–N with tert-alkyl or cyclic N) is 1. The van der Waals surface area contributed by atoms with Crippen LogP contribution in [0, 0.1) is 6.92 Å². The molecular weight excluding hydrogens is 344 g/mol. The number of fused-ring (bicyclic) bond motifs is 2. The fourth-order valence-electron chi connectivity index (χ4n) is 3.85. The summed E-state index contributed by atoms with van der Waals surface area (Å²) in [5.41, 5.74) is 2.06. The lowest BCUT2D eigenvalue weighted by molar-refractivity contribution is -0.132. The van der Waals surface area contributed by atoms with Gasteiger partial charge in [-0.25, -0.2) is 4.79 Å². The Morgan fingerprint density at radius 1 is 1.19 bits per heavy atom. The normalized spacial score (nSPS) is 22.1. The number of aryl methyl sites for hydroxylation is 2. The zero-order chi connectivity index (χ0) is 19.0. The first kappa shape index (κ1) is 17.5. The van der Waals surface area contributed by atoms with E-state index in [-0.39, 0.29) is 19.1 Å². The van der Waals surface area contributed by atoms with Gasteiger partial charge in [0.2, 0.25) is 0 Å². The van der Waals surface area contributed by atoms with Crippen LogP contribution in [0.4, 0.5) is 4.79 Å². The Kier molecular flexibility index (Phi) is 4.36. The van der Waals surface area contributed by atoms with Gasteiger partial charge in [0.25, 0.3) is 5.91 Å². The van der Waals surface area contributed by atoms with Crippen LogP contribution >= 0.6 is 0 Å². The fourth-order valence-corrected chi connectivity index (χ4v) is 3.85. The van der Waals surface area contributed by atoms with Crippen molar-refractivity contribution in [3.8, 4) is 5.75 Å². The summed E-state index contributed by atoms with van der Waals surface area (Å²) in [5.74, 6) is 0.338. The molecule has 140 valence electrons. The van der Waals surface area contributed by atoms with Crippen LogP contribution < -0.4 is 10.1 Å². The second-order valence-electron chi connectivity index (χ2n) is 7.19. The molecule has 1 heterocycles. The molecule has 1 fully saturated rings. The average molecular weight is 366 g/mol. The number of hydrogen-bond acceptors (Lipinski definition) is 4. The highest BCUT2D eigenvalue weighted by atomic mass is 16.5. The SMILES string of the molecule is Cc1ccc(OC[C@H](O)CN2C(=O)N[C@@]3(CCc4ccccc43)C2=O)cc1.